The maximum Gasteiger partial charge on any atom is 0.321 e. The molecular weight excluding hydrogens is 368 g/mol. The number of urea groups is 1. The molecule has 0 atom stereocenters. The van der Waals surface area contributed by atoms with Crippen molar-refractivity contribution in [2.24, 2.45) is 9.98 Å². The van der Waals surface area contributed by atoms with E-state index in [2.05, 4.69) is 17.4 Å². The maximum absolute atomic E-state index is 12.6. The van der Waals surface area contributed by atoms with Gasteiger partial charge in [0, 0.05) is 37.2 Å². The summed E-state index contributed by atoms with van der Waals surface area (Å²) in [6.07, 6.45) is 3.53. The van der Waals surface area contributed by atoms with Crippen molar-refractivity contribution in [1.82, 2.24) is 4.90 Å². The zero-order valence-electron chi connectivity index (χ0n) is 16.2. The number of nitrogens with zero attached hydrogens (tertiary/aromatic N) is 3. The number of anilines is 1. The van der Waals surface area contributed by atoms with Crippen LogP contribution < -0.4 is 5.32 Å². The number of rotatable bonds is 2. The Balaban J connectivity index is 1.45. The van der Waals surface area contributed by atoms with Crippen molar-refractivity contribution in [3.8, 4) is 0 Å². The van der Waals surface area contributed by atoms with Gasteiger partial charge in [0.25, 0.3) is 0 Å². The average molecular weight is 393 g/mol. The van der Waals surface area contributed by atoms with Crippen molar-refractivity contribution in [2.45, 2.75) is 25.4 Å². The molecule has 0 radical (unpaired) electrons. The van der Waals surface area contributed by atoms with Crippen molar-refractivity contribution in [3.63, 3.8) is 0 Å². The van der Waals surface area contributed by atoms with Crippen LogP contribution in [0.3, 0.4) is 0 Å². The fraction of sp³-hybridized carbons (Fsp3) is 0.318. The summed E-state index contributed by atoms with van der Waals surface area (Å²) >= 11 is 1.64. The topological polar surface area (TPSA) is 57.1 Å². The van der Waals surface area contributed by atoms with Gasteiger partial charge in [-0.2, -0.15) is 0 Å². The van der Waals surface area contributed by atoms with Gasteiger partial charge in [-0.05, 0) is 30.9 Å². The number of hydrogen-bond acceptors (Lipinski definition) is 4. The van der Waals surface area contributed by atoms with E-state index in [4.69, 9.17) is 9.98 Å². The summed E-state index contributed by atoms with van der Waals surface area (Å²) < 4.78 is 0. The molecule has 1 fully saturated rings. The lowest BCUT2D eigenvalue weighted by Crippen LogP contribution is -2.46. The Morgan fingerprint density at radius 2 is 1.82 bits per heavy atom. The second-order valence-corrected chi connectivity index (χ2v) is 8.01. The summed E-state index contributed by atoms with van der Waals surface area (Å²) in [7, 11) is 0. The van der Waals surface area contributed by atoms with Crippen molar-refractivity contribution < 1.29 is 4.79 Å². The predicted octanol–water partition coefficient (Wildman–Crippen LogP) is 4.58. The summed E-state index contributed by atoms with van der Waals surface area (Å²) in [6, 6.07) is 18.0. The van der Waals surface area contributed by atoms with E-state index in [0.29, 0.717) is 13.1 Å². The summed E-state index contributed by atoms with van der Waals surface area (Å²) in [5.74, 6) is 0. The van der Waals surface area contributed by atoms with Crippen LogP contribution in [0.2, 0.25) is 0 Å². The minimum Gasteiger partial charge on any atom is -0.324 e. The number of carbonyl (C=O) groups is 1. The van der Waals surface area contributed by atoms with Gasteiger partial charge < -0.3 is 10.2 Å². The highest BCUT2D eigenvalue weighted by molar-refractivity contribution is 8.15. The van der Waals surface area contributed by atoms with Crippen molar-refractivity contribution >= 4 is 34.2 Å². The van der Waals surface area contributed by atoms with Gasteiger partial charge in [0.2, 0.25) is 0 Å². The van der Waals surface area contributed by atoms with Gasteiger partial charge >= 0.3 is 6.03 Å². The number of thioether (sulfide) groups is 1. The van der Waals surface area contributed by atoms with Crippen LogP contribution in [-0.2, 0) is 0 Å². The Kier molecular flexibility index (Phi) is 5.22. The normalized spacial score (nSPS) is 18.0. The number of nitrogens with one attached hydrogen (secondary N) is 1. The van der Waals surface area contributed by atoms with E-state index in [1.54, 1.807) is 11.8 Å². The molecule has 2 heterocycles. The van der Waals surface area contributed by atoms with E-state index < -0.39 is 5.66 Å². The van der Waals surface area contributed by atoms with E-state index in [1.807, 2.05) is 60.5 Å². The first-order valence-electron chi connectivity index (χ1n) is 9.51. The van der Waals surface area contributed by atoms with E-state index in [-0.39, 0.29) is 6.03 Å². The summed E-state index contributed by atoms with van der Waals surface area (Å²) in [5.41, 5.74) is 3.61. The third-order valence-corrected chi connectivity index (χ3v) is 5.86. The minimum atomic E-state index is -0.427. The second-order valence-electron chi connectivity index (χ2n) is 7.22. The molecule has 2 aromatic rings. The highest BCUT2D eigenvalue weighted by atomic mass is 32.2. The van der Waals surface area contributed by atoms with Crippen LogP contribution in [0.5, 0.6) is 0 Å². The average Bonchev–Trinajstić information content (AvgIpc) is 3.07. The third-order valence-electron chi connectivity index (χ3n) is 5.19. The van der Waals surface area contributed by atoms with Crippen molar-refractivity contribution in [1.29, 1.82) is 0 Å². The van der Waals surface area contributed by atoms with Crippen LogP contribution in [0.25, 0.3) is 0 Å². The zero-order chi connectivity index (χ0) is 19.6. The molecule has 1 N–H and O–H groups in total. The number of benzene rings is 2. The van der Waals surface area contributed by atoms with E-state index in [9.17, 15) is 4.79 Å². The zero-order valence-corrected chi connectivity index (χ0v) is 17.0. The fourth-order valence-corrected chi connectivity index (χ4v) is 4.28. The number of aryl methyl sites for hydroxylation is 1. The number of likely N-dealkylation sites (tertiary alicyclic amines) is 1. The summed E-state index contributed by atoms with van der Waals surface area (Å²) in [4.78, 5) is 24.5. The largest absolute Gasteiger partial charge is 0.324 e. The molecule has 1 spiro atoms. The van der Waals surface area contributed by atoms with Crippen LogP contribution in [0.15, 0.2) is 64.6 Å². The molecular formula is C22H24N4OS. The number of hydrogen-bond donors (Lipinski definition) is 1. The van der Waals surface area contributed by atoms with E-state index >= 15 is 0 Å². The van der Waals surface area contributed by atoms with Crippen LogP contribution in [-0.4, -0.2) is 46.7 Å². The molecule has 6 heteroatoms. The summed E-state index contributed by atoms with van der Waals surface area (Å²) in [6.45, 7) is 3.31. The quantitative estimate of drug-likeness (QED) is 0.813. The Bertz CT molecular complexity index is 931. The van der Waals surface area contributed by atoms with Gasteiger partial charge in [-0.1, -0.05) is 42.5 Å². The minimum absolute atomic E-state index is 0.0558. The highest BCUT2D eigenvalue weighted by Crippen LogP contribution is 2.35. The molecule has 4 rings (SSSR count). The fourth-order valence-electron chi connectivity index (χ4n) is 3.67. The van der Waals surface area contributed by atoms with Crippen molar-refractivity contribution in [2.75, 3.05) is 24.7 Å². The Hall–Kier alpha value is -2.60. The summed E-state index contributed by atoms with van der Waals surface area (Å²) in [5, 5.41) is 3.99. The first-order chi connectivity index (χ1) is 13.6. The standard InChI is InChI=1S/C22H24N4OS/c1-16-7-6-10-18(15-16)23-21(27)26-13-11-22(12-14-26)24-19(20(25-22)28-2)17-8-4-3-5-9-17/h3-10,15H,11-14H2,1-2H3,(H,23,27). The Labute approximate surface area is 170 Å². The Morgan fingerprint density at radius 1 is 1.07 bits per heavy atom. The van der Waals surface area contributed by atoms with Gasteiger partial charge in [-0.15, -0.1) is 11.8 Å². The first-order valence-corrected chi connectivity index (χ1v) is 10.7. The number of piperidine rings is 1. The molecule has 0 aromatic heterocycles. The first kappa shape index (κ1) is 18.7. The third kappa shape index (κ3) is 3.83. The molecule has 144 valence electrons. The van der Waals surface area contributed by atoms with E-state index in [0.717, 1.165) is 40.4 Å². The van der Waals surface area contributed by atoms with Crippen LogP contribution in [0.4, 0.5) is 10.5 Å². The van der Waals surface area contributed by atoms with Gasteiger partial charge in [0.05, 0.1) is 5.71 Å². The monoisotopic (exact) mass is 392 g/mol. The molecule has 0 aliphatic carbocycles. The second kappa shape index (κ2) is 7.80. The lowest BCUT2D eigenvalue weighted by molar-refractivity contribution is 0.175. The van der Waals surface area contributed by atoms with Gasteiger partial charge in [-0.25, -0.2) is 9.79 Å². The molecule has 2 aliphatic heterocycles. The van der Waals surface area contributed by atoms with Gasteiger partial charge in [0.15, 0.2) is 5.66 Å². The highest BCUT2D eigenvalue weighted by Gasteiger charge is 2.40. The van der Waals surface area contributed by atoms with E-state index in [1.165, 1.54) is 0 Å². The van der Waals surface area contributed by atoms with Gasteiger partial charge in [-0.3, -0.25) is 4.99 Å². The lowest BCUT2D eigenvalue weighted by atomic mass is 9.98. The molecule has 0 bridgehead atoms. The van der Waals surface area contributed by atoms with Crippen LogP contribution in [0, 0.1) is 6.92 Å². The SMILES string of the molecule is CSC1=NC2(CCN(C(=O)Nc3cccc(C)c3)CC2)N=C1c1ccccc1. The molecule has 5 nitrogen and oxygen atoms in total. The molecule has 0 unspecified atom stereocenters. The van der Waals surface area contributed by atoms with Crippen molar-refractivity contribution in [3.05, 3.63) is 65.7 Å². The lowest BCUT2D eigenvalue weighted by Gasteiger charge is -2.35. The number of carbonyl (C=O) groups excluding carboxylic acids is 1. The van der Waals surface area contributed by atoms with Crippen LogP contribution >= 0.6 is 11.8 Å². The maximum atomic E-state index is 12.6. The molecule has 2 aromatic carbocycles. The van der Waals surface area contributed by atoms with Gasteiger partial charge in [0.1, 0.15) is 5.04 Å². The Morgan fingerprint density at radius 3 is 2.50 bits per heavy atom. The predicted molar refractivity (Wildman–Crippen MR) is 118 cm³/mol. The molecule has 0 saturated carbocycles. The van der Waals surface area contributed by atoms with Crippen LogP contribution in [0.1, 0.15) is 24.0 Å². The smallest absolute Gasteiger partial charge is 0.321 e. The molecule has 2 amide bonds. The number of aliphatic imine (C=N–C) groups is 2. The molecule has 2 aliphatic rings. The molecule has 28 heavy (non-hydrogen) atoms. The number of amides is 2. The molecule has 1 saturated heterocycles.